The molecule has 0 heteroatoms. The molecule has 0 nitrogen and oxygen atoms in total. The van der Waals surface area contributed by atoms with E-state index in [1.165, 1.54) is 71.0 Å². The second-order valence-electron chi connectivity index (χ2n) is 9.01. The highest BCUT2D eigenvalue weighted by molar-refractivity contribution is 5.25. The highest BCUT2D eigenvalue weighted by atomic mass is 14.8. The molecule has 17 heavy (non-hydrogen) atoms. The van der Waals surface area contributed by atoms with Crippen molar-refractivity contribution in [1.82, 2.24) is 0 Å². The van der Waals surface area contributed by atoms with Gasteiger partial charge >= 0.3 is 0 Å². The van der Waals surface area contributed by atoms with E-state index in [9.17, 15) is 0 Å². The Kier molecular flexibility index (Phi) is 1.04. The maximum Gasteiger partial charge on any atom is -0.0315 e. The van der Waals surface area contributed by atoms with Gasteiger partial charge in [-0.15, -0.1) is 0 Å². The van der Waals surface area contributed by atoms with Crippen molar-refractivity contribution in [1.29, 1.82) is 0 Å². The van der Waals surface area contributed by atoms with Crippen molar-refractivity contribution in [2.24, 2.45) is 71.0 Å². The molecule has 0 saturated heterocycles. The Morgan fingerprint density at radius 2 is 0.706 bits per heavy atom. The van der Waals surface area contributed by atoms with Gasteiger partial charge in [-0.2, -0.15) is 0 Å². The van der Waals surface area contributed by atoms with Crippen LogP contribution >= 0.6 is 0 Å². The molecule has 0 spiro atoms. The maximum absolute atomic E-state index is 1.69. The number of fused-ring (bicyclic) bond motifs is 1. The van der Waals surface area contributed by atoms with Gasteiger partial charge in [-0.1, -0.05) is 0 Å². The summed E-state index contributed by atoms with van der Waals surface area (Å²) < 4.78 is 0. The second-order valence-corrected chi connectivity index (χ2v) is 9.01. The second kappa shape index (κ2) is 2.14. The van der Waals surface area contributed by atoms with E-state index < -0.39 is 0 Å². The van der Waals surface area contributed by atoms with Gasteiger partial charge in [0.05, 0.1) is 0 Å². The Labute approximate surface area is 104 Å². The predicted octanol–water partition coefficient (Wildman–Crippen LogP) is 3.43. The summed E-state index contributed by atoms with van der Waals surface area (Å²) in [4.78, 5) is 0. The molecule has 7 rings (SSSR count). The van der Waals surface area contributed by atoms with E-state index in [0.29, 0.717) is 0 Å². The van der Waals surface area contributed by atoms with Crippen LogP contribution in [0.5, 0.6) is 0 Å². The minimum Gasteiger partial charge on any atom is -0.0470 e. The summed E-state index contributed by atoms with van der Waals surface area (Å²) in [5.74, 6) is 15.1. The first-order valence-electron chi connectivity index (χ1n) is 8.42. The van der Waals surface area contributed by atoms with Crippen LogP contribution in [-0.4, -0.2) is 0 Å². The van der Waals surface area contributed by atoms with E-state index >= 15 is 0 Å². The van der Waals surface area contributed by atoms with E-state index in [2.05, 4.69) is 0 Å². The van der Waals surface area contributed by atoms with Gasteiger partial charge in [0.1, 0.15) is 0 Å². The van der Waals surface area contributed by atoms with Crippen LogP contribution < -0.4 is 0 Å². The lowest BCUT2D eigenvalue weighted by Gasteiger charge is -2.56. The van der Waals surface area contributed by atoms with Crippen molar-refractivity contribution < 1.29 is 0 Å². The molecule has 7 aliphatic rings. The summed E-state index contributed by atoms with van der Waals surface area (Å²) in [5.41, 5.74) is 0. The van der Waals surface area contributed by atoms with Gasteiger partial charge in [-0.3, -0.25) is 0 Å². The lowest BCUT2D eigenvalue weighted by molar-refractivity contribution is -0.0969. The number of hydrogen-bond donors (Lipinski definition) is 0. The van der Waals surface area contributed by atoms with Crippen molar-refractivity contribution in [3.8, 4) is 0 Å². The molecule has 0 aliphatic heterocycles. The monoisotopic (exact) mass is 226 g/mol. The van der Waals surface area contributed by atoms with E-state index in [4.69, 9.17) is 0 Å². The first kappa shape index (κ1) is 8.23. The zero-order valence-electron chi connectivity index (χ0n) is 10.5. The van der Waals surface area contributed by atoms with Gasteiger partial charge in [0.15, 0.2) is 0 Å². The largest absolute Gasteiger partial charge is 0.0470 e. The van der Waals surface area contributed by atoms with Crippen LogP contribution in [0.2, 0.25) is 0 Å². The van der Waals surface area contributed by atoms with Gasteiger partial charge in [0.2, 0.25) is 0 Å². The summed E-state index contributed by atoms with van der Waals surface area (Å²) >= 11 is 0. The van der Waals surface area contributed by atoms with Crippen molar-refractivity contribution in [2.75, 3.05) is 0 Å². The summed E-state index contributed by atoms with van der Waals surface area (Å²) in [7, 11) is 0. The van der Waals surface area contributed by atoms with Crippen LogP contribution in [0, 0.1) is 71.0 Å². The average molecular weight is 226 g/mol. The topological polar surface area (TPSA) is 0 Å². The van der Waals surface area contributed by atoms with Crippen LogP contribution in [0.25, 0.3) is 0 Å². The molecule has 0 aromatic heterocycles. The Bertz CT molecular complexity index is 380. The number of rotatable bonds is 0. The molecule has 0 heterocycles. The first-order valence-corrected chi connectivity index (χ1v) is 8.42. The SMILES string of the molecule is C1C2CC3CC4C5CC6CC1C1C2C3C4C5C61. The van der Waals surface area contributed by atoms with Crippen LogP contribution in [0.3, 0.4) is 0 Å². The predicted molar refractivity (Wildman–Crippen MR) is 65.0 cm³/mol. The summed E-state index contributed by atoms with van der Waals surface area (Å²) in [6, 6.07) is 0. The highest BCUT2D eigenvalue weighted by Crippen LogP contribution is 2.83. The summed E-state index contributed by atoms with van der Waals surface area (Å²) in [6.45, 7) is 0. The fourth-order valence-corrected chi connectivity index (χ4v) is 9.79. The van der Waals surface area contributed by atoms with Crippen molar-refractivity contribution in [3.05, 3.63) is 0 Å². The smallest absolute Gasteiger partial charge is 0.0315 e. The summed E-state index contributed by atoms with van der Waals surface area (Å²) in [6.07, 6.45) is 8.45. The quantitative estimate of drug-likeness (QED) is 0.593. The summed E-state index contributed by atoms with van der Waals surface area (Å²) in [5, 5.41) is 0. The zero-order chi connectivity index (χ0) is 10.5. The maximum atomic E-state index is 1.69. The van der Waals surface area contributed by atoms with Crippen molar-refractivity contribution in [2.45, 2.75) is 32.1 Å². The van der Waals surface area contributed by atoms with Crippen LogP contribution in [0.4, 0.5) is 0 Å². The van der Waals surface area contributed by atoms with Crippen molar-refractivity contribution >= 4 is 0 Å². The van der Waals surface area contributed by atoms with E-state index in [1.54, 1.807) is 32.1 Å². The molecule has 0 N–H and O–H groups in total. The minimum absolute atomic E-state index is 1.22. The van der Waals surface area contributed by atoms with Gasteiger partial charge < -0.3 is 0 Å². The first-order chi connectivity index (χ1) is 8.42. The Morgan fingerprint density at radius 3 is 1.18 bits per heavy atom. The fourth-order valence-electron chi connectivity index (χ4n) is 9.79. The van der Waals surface area contributed by atoms with Crippen LogP contribution in [0.1, 0.15) is 32.1 Å². The third kappa shape index (κ3) is 0.605. The number of hydrogen-bond acceptors (Lipinski definition) is 0. The molecular formula is C17H22. The third-order valence-corrected chi connectivity index (χ3v) is 9.35. The molecule has 0 bridgehead atoms. The molecule has 0 aromatic rings. The Morgan fingerprint density at radius 1 is 0.353 bits per heavy atom. The average Bonchev–Trinajstić information content (AvgIpc) is 2.98. The van der Waals surface area contributed by atoms with E-state index in [1.807, 2.05) is 0 Å². The van der Waals surface area contributed by atoms with Crippen molar-refractivity contribution in [3.63, 3.8) is 0 Å². The minimum atomic E-state index is 1.22. The van der Waals surface area contributed by atoms with Gasteiger partial charge in [0, 0.05) is 0 Å². The molecule has 0 radical (unpaired) electrons. The molecule has 7 saturated carbocycles. The van der Waals surface area contributed by atoms with Crippen LogP contribution in [-0.2, 0) is 0 Å². The van der Waals surface area contributed by atoms with Crippen LogP contribution in [0.15, 0.2) is 0 Å². The lowest BCUT2D eigenvalue weighted by atomic mass is 9.48. The molecule has 0 amide bonds. The molecule has 90 valence electrons. The normalized spacial score (nSPS) is 83.3. The van der Waals surface area contributed by atoms with Gasteiger partial charge in [0.25, 0.3) is 0 Å². The molecular weight excluding hydrogens is 204 g/mol. The molecule has 7 aliphatic carbocycles. The Hall–Kier alpha value is 0. The van der Waals surface area contributed by atoms with E-state index in [-0.39, 0.29) is 0 Å². The molecule has 12 unspecified atom stereocenters. The molecule has 7 fully saturated rings. The standard InChI is InChI=1S/C17H22/c1-6-2-8-4-10-11-5-9-3-7(1)13-12(6)14(8)16(10)17(11)15(9)13/h6-17H,1-5H2. The zero-order valence-corrected chi connectivity index (χ0v) is 10.5. The van der Waals surface area contributed by atoms with Gasteiger partial charge in [-0.05, 0) is 103 Å². The molecule has 12 atom stereocenters. The lowest BCUT2D eigenvalue weighted by Crippen LogP contribution is -2.53. The highest BCUT2D eigenvalue weighted by Gasteiger charge is 2.77. The third-order valence-electron chi connectivity index (χ3n) is 9.35. The van der Waals surface area contributed by atoms with E-state index in [0.717, 1.165) is 0 Å². The fraction of sp³-hybridized carbons (Fsp3) is 1.00. The van der Waals surface area contributed by atoms with Gasteiger partial charge in [-0.25, -0.2) is 0 Å². The molecule has 0 aromatic carbocycles. The Balaban J connectivity index is 1.54.